The van der Waals surface area contributed by atoms with E-state index in [4.69, 9.17) is 4.74 Å². The topological polar surface area (TPSA) is 58.6 Å². The summed E-state index contributed by atoms with van der Waals surface area (Å²) in [6, 6.07) is 15.4. The minimum Gasteiger partial charge on any atom is -0.468 e. The summed E-state index contributed by atoms with van der Waals surface area (Å²) in [5.41, 5.74) is 4.27. The first-order valence-electron chi connectivity index (χ1n) is 8.88. The molecule has 2 aromatic carbocycles. The smallest absolute Gasteiger partial charge is 0.323 e. The number of ether oxygens (including phenoxy) is 1. The van der Waals surface area contributed by atoms with E-state index < -0.39 is 6.04 Å². The predicted molar refractivity (Wildman–Crippen MR) is 101 cm³/mol. The normalized spacial score (nSPS) is 16.6. The van der Waals surface area contributed by atoms with E-state index in [1.807, 2.05) is 53.4 Å². The Hall–Kier alpha value is -2.66. The maximum atomic E-state index is 12.5. The van der Waals surface area contributed by atoms with Gasteiger partial charge in [0.25, 0.3) is 0 Å². The quantitative estimate of drug-likeness (QED) is 0.841. The number of rotatable bonds is 5. The average molecular weight is 352 g/mol. The SMILES string of the molecule is CCc1ccc(NC(=O)CN2Cc3ccccc3C[C@H]2C(=O)OC)cc1. The fourth-order valence-corrected chi connectivity index (χ4v) is 3.32. The molecule has 1 amide bonds. The molecule has 0 saturated carbocycles. The maximum absolute atomic E-state index is 12.5. The first-order valence-corrected chi connectivity index (χ1v) is 8.88. The van der Waals surface area contributed by atoms with Crippen molar-refractivity contribution < 1.29 is 14.3 Å². The zero-order valence-electron chi connectivity index (χ0n) is 15.2. The Morgan fingerprint density at radius 1 is 1.12 bits per heavy atom. The van der Waals surface area contributed by atoms with E-state index in [9.17, 15) is 9.59 Å². The van der Waals surface area contributed by atoms with Crippen LogP contribution in [0.1, 0.15) is 23.6 Å². The number of anilines is 1. The largest absolute Gasteiger partial charge is 0.468 e. The number of hydrogen-bond acceptors (Lipinski definition) is 4. The molecule has 0 spiro atoms. The molecule has 0 aliphatic carbocycles. The fourth-order valence-electron chi connectivity index (χ4n) is 3.32. The van der Waals surface area contributed by atoms with Crippen LogP contribution >= 0.6 is 0 Å². The van der Waals surface area contributed by atoms with Gasteiger partial charge in [0.05, 0.1) is 13.7 Å². The molecule has 2 aromatic rings. The summed E-state index contributed by atoms with van der Waals surface area (Å²) in [5, 5.41) is 2.91. The molecule has 0 saturated heterocycles. The molecule has 1 aliphatic heterocycles. The van der Waals surface area contributed by atoms with Gasteiger partial charge in [0.2, 0.25) is 5.91 Å². The van der Waals surface area contributed by atoms with E-state index in [0.717, 1.165) is 23.2 Å². The summed E-state index contributed by atoms with van der Waals surface area (Å²) >= 11 is 0. The Morgan fingerprint density at radius 3 is 2.46 bits per heavy atom. The van der Waals surface area contributed by atoms with Crippen molar-refractivity contribution in [1.29, 1.82) is 0 Å². The zero-order chi connectivity index (χ0) is 18.5. The van der Waals surface area contributed by atoms with Gasteiger partial charge in [0.15, 0.2) is 0 Å². The van der Waals surface area contributed by atoms with E-state index in [1.54, 1.807) is 0 Å². The Balaban J connectivity index is 1.71. The Bertz CT molecular complexity index is 786. The first kappa shape index (κ1) is 18.1. The molecule has 0 unspecified atom stereocenters. The highest BCUT2D eigenvalue weighted by molar-refractivity contribution is 5.92. The third-order valence-electron chi connectivity index (χ3n) is 4.81. The molecule has 5 heteroatoms. The third-order valence-corrected chi connectivity index (χ3v) is 4.81. The summed E-state index contributed by atoms with van der Waals surface area (Å²) < 4.78 is 4.95. The third kappa shape index (κ3) is 4.11. The number of methoxy groups -OCH3 is 1. The number of carbonyl (C=O) groups excluding carboxylic acids is 2. The minimum absolute atomic E-state index is 0.137. The van der Waals surface area contributed by atoms with Gasteiger partial charge in [-0.05, 0) is 41.7 Å². The second kappa shape index (κ2) is 8.15. The summed E-state index contributed by atoms with van der Waals surface area (Å²) in [5.74, 6) is -0.442. The zero-order valence-corrected chi connectivity index (χ0v) is 15.2. The number of fused-ring (bicyclic) bond motifs is 1. The highest BCUT2D eigenvalue weighted by atomic mass is 16.5. The van der Waals surface area contributed by atoms with Crippen molar-refractivity contribution in [3.63, 3.8) is 0 Å². The number of aryl methyl sites for hydroxylation is 1. The van der Waals surface area contributed by atoms with Gasteiger partial charge in [-0.1, -0.05) is 43.3 Å². The molecule has 0 aromatic heterocycles. The molecule has 5 nitrogen and oxygen atoms in total. The molecule has 1 N–H and O–H groups in total. The van der Waals surface area contributed by atoms with E-state index >= 15 is 0 Å². The van der Waals surface area contributed by atoms with Gasteiger partial charge in [0.1, 0.15) is 6.04 Å². The molecule has 136 valence electrons. The van der Waals surface area contributed by atoms with Crippen molar-refractivity contribution in [1.82, 2.24) is 4.90 Å². The number of benzene rings is 2. The predicted octanol–water partition coefficient (Wildman–Crippen LogP) is 2.79. The van der Waals surface area contributed by atoms with Crippen LogP contribution in [0.25, 0.3) is 0 Å². The number of nitrogens with zero attached hydrogens (tertiary/aromatic N) is 1. The Morgan fingerprint density at radius 2 is 1.81 bits per heavy atom. The van der Waals surface area contributed by atoms with Gasteiger partial charge in [-0.2, -0.15) is 0 Å². The van der Waals surface area contributed by atoms with Crippen molar-refractivity contribution in [2.24, 2.45) is 0 Å². The van der Waals surface area contributed by atoms with Gasteiger partial charge in [-0.3, -0.25) is 14.5 Å². The van der Waals surface area contributed by atoms with Gasteiger partial charge in [-0.25, -0.2) is 0 Å². The van der Waals surface area contributed by atoms with Crippen LogP contribution < -0.4 is 5.32 Å². The lowest BCUT2D eigenvalue weighted by molar-refractivity contribution is -0.148. The van der Waals surface area contributed by atoms with Crippen molar-refractivity contribution >= 4 is 17.6 Å². The van der Waals surface area contributed by atoms with Crippen LogP contribution in [-0.4, -0.2) is 36.5 Å². The molecule has 0 radical (unpaired) electrons. The van der Waals surface area contributed by atoms with E-state index in [0.29, 0.717) is 13.0 Å². The number of esters is 1. The maximum Gasteiger partial charge on any atom is 0.323 e. The van der Waals surface area contributed by atoms with Crippen LogP contribution in [0.3, 0.4) is 0 Å². The van der Waals surface area contributed by atoms with Gasteiger partial charge >= 0.3 is 5.97 Å². The molecule has 26 heavy (non-hydrogen) atoms. The standard InChI is InChI=1S/C21H24N2O3/c1-3-15-8-10-18(11-9-15)22-20(24)14-23-13-17-7-5-4-6-16(17)12-19(23)21(25)26-2/h4-11,19H,3,12-14H2,1-2H3,(H,22,24)/t19-/m0/s1. The van der Waals surface area contributed by atoms with Crippen molar-refractivity contribution in [2.75, 3.05) is 19.0 Å². The summed E-state index contributed by atoms with van der Waals surface area (Å²) in [4.78, 5) is 26.6. The highest BCUT2D eigenvalue weighted by Gasteiger charge is 2.33. The van der Waals surface area contributed by atoms with Crippen LogP contribution in [0, 0.1) is 0 Å². The first-order chi connectivity index (χ1) is 12.6. The Labute approximate surface area is 154 Å². The van der Waals surface area contributed by atoms with Gasteiger partial charge < -0.3 is 10.1 Å². The molecule has 1 aliphatic rings. The van der Waals surface area contributed by atoms with Crippen LogP contribution in [0.15, 0.2) is 48.5 Å². The Kier molecular flexibility index (Phi) is 5.68. The summed E-state index contributed by atoms with van der Waals surface area (Å²) in [6.45, 7) is 2.79. The van der Waals surface area contributed by atoms with Crippen molar-refractivity contribution in [2.45, 2.75) is 32.4 Å². The fraction of sp³-hybridized carbons (Fsp3) is 0.333. The lowest BCUT2D eigenvalue weighted by Gasteiger charge is -2.34. The molecule has 1 atom stereocenters. The second-order valence-electron chi connectivity index (χ2n) is 6.52. The lowest BCUT2D eigenvalue weighted by atomic mass is 9.94. The summed E-state index contributed by atoms with van der Waals surface area (Å²) in [6.07, 6.45) is 1.52. The molecule has 0 fully saturated rings. The van der Waals surface area contributed by atoms with E-state index in [-0.39, 0.29) is 18.4 Å². The molecule has 3 rings (SSSR count). The van der Waals surface area contributed by atoms with E-state index in [1.165, 1.54) is 12.7 Å². The van der Waals surface area contributed by atoms with Crippen LogP contribution in [0.5, 0.6) is 0 Å². The number of hydrogen-bond donors (Lipinski definition) is 1. The summed E-state index contributed by atoms with van der Waals surface area (Å²) in [7, 11) is 1.39. The van der Waals surface area contributed by atoms with Crippen LogP contribution in [-0.2, 0) is 33.7 Å². The molecule has 0 bridgehead atoms. The molecular formula is C21H24N2O3. The number of amides is 1. The van der Waals surface area contributed by atoms with Crippen LogP contribution in [0.4, 0.5) is 5.69 Å². The van der Waals surface area contributed by atoms with Crippen LogP contribution in [0.2, 0.25) is 0 Å². The van der Waals surface area contributed by atoms with E-state index in [2.05, 4.69) is 12.2 Å². The monoisotopic (exact) mass is 352 g/mol. The van der Waals surface area contributed by atoms with Gasteiger partial charge in [0, 0.05) is 12.2 Å². The van der Waals surface area contributed by atoms with Crippen molar-refractivity contribution in [3.05, 3.63) is 65.2 Å². The number of carbonyl (C=O) groups is 2. The molecular weight excluding hydrogens is 328 g/mol. The van der Waals surface area contributed by atoms with Gasteiger partial charge in [-0.15, -0.1) is 0 Å². The highest BCUT2D eigenvalue weighted by Crippen LogP contribution is 2.24. The average Bonchev–Trinajstić information content (AvgIpc) is 2.67. The molecule has 1 heterocycles. The second-order valence-corrected chi connectivity index (χ2v) is 6.52. The lowest BCUT2D eigenvalue weighted by Crippen LogP contribution is -2.49. The number of nitrogens with one attached hydrogen (secondary N) is 1. The minimum atomic E-state index is -0.442. The van der Waals surface area contributed by atoms with Crippen molar-refractivity contribution in [3.8, 4) is 0 Å².